The number of rotatable bonds is 44. The molecule has 35 nitrogen and oxygen atoms in total. The number of hydrogen-bond acceptors (Lipinski definition) is 27. The molecule has 0 aromatic rings. The lowest BCUT2D eigenvalue weighted by Gasteiger charge is -2.36. The van der Waals surface area contributed by atoms with Gasteiger partial charge in [-0.25, -0.2) is 0 Å². The molecule has 0 radical (unpaired) electrons. The second-order valence-corrected chi connectivity index (χ2v) is 14.7. The molecular formula is C36H74N16O19. The molecule has 35 heteroatoms. The van der Waals surface area contributed by atoms with E-state index in [1.165, 1.54) is 0 Å². The van der Waals surface area contributed by atoms with Crippen LogP contribution in [0.5, 0.6) is 0 Å². The molecular weight excluding hydrogens is 960 g/mol. The van der Waals surface area contributed by atoms with Crippen molar-refractivity contribution in [1.29, 1.82) is 0 Å². The maximum Gasteiger partial charge on any atom is 0.179 e. The Hall–Kier alpha value is -6.28. The maximum absolute atomic E-state index is 11.4. The highest BCUT2D eigenvalue weighted by Gasteiger charge is 2.40. The van der Waals surface area contributed by atoms with Crippen molar-refractivity contribution in [3.05, 3.63) is 0 Å². The fourth-order valence-electron chi connectivity index (χ4n) is 5.49. The van der Waals surface area contributed by atoms with E-state index < -0.39 is 68.7 Å². The molecule has 0 heterocycles. The van der Waals surface area contributed by atoms with Crippen LogP contribution in [0.3, 0.4) is 0 Å². The molecule has 0 rings (SSSR count). The van der Waals surface area contributed by atoms with Gasteiger partial charge in [0.1, 0.15) is 89.4 Å². The lowest BCUT2D eigenvalue weighted by Crippen LogP contribution is -2.52. The fourth-order valence-corrected chi connectivity index (χ4v) is 5.49. The van der Waals surface area contributed by atoms with Gasteiger partial charge >= 0.3 is 0 Å². The molecule has 412 valence electrons. The molecule has 0 bridgehead atoms. The van der Waals surface area contributed by atoms with Gasteiger partial charge in [0, 0.05) is 51.4 Å². The van der Waals surface area contributed by atoms with Gasteiger partial charge in [0.05, 0.1) is 79.3 Å². The van der Waals surface area contributed by atoms with Gasteiger partial charge in [-0.05, 0) is 0 Å². The number of nitrogens with two attached hydrogens (primary N) is 8. The van der Waals surface area contributed by atoms with Crippen LogP contribution in [0.15, 0.2) is 41.2 Å². The van der Waals surface area contributed by atoms with Crippen molar-refractivity contribution >= 4 is 46.7 Å². The molecule has 8 atom stereocenters. The van der Waals surface area contributed by atoms with Gasteiger partial charge in [0.15, 0.2) is 6.10 Å². The zero-order valence-electron chi connectivity index (χ0n) is 39.1. The largest absolute Gasteiger partial charge is 0.409 e. The number of aliphatic hydroxyl groups is 3. The van der Waals surface area contributed by atoms with Crippen LogP contribution >= 0.6 is 0 Å². The van der Waals surface area contributed by atoms with Crippen molar-refractivity contribution in [2.75, 3.05) is 79.3 Å². The third kappa shape index (κ3) is 30.2. The number of aliphatic hydroxyl groups excluding tert-OH is 3. The summed E-state index contributed by atoms with van der Waals surface area (Å²) in [5.41, 5.74) is 45.4. The molecule has 0 amide bonds. The van der Waals surface area contributed by atoms with Crippen LogP contribution in [-0.4, -0.2) is 227 Å². The van der Waals surface area contributed by atoms with Crippen molar-refractivity contribution in [3.63, 3.8) is 0 Å². The molecule has 26 N–H and O–H groups in total. The number of hydrogen-bond donors (Lipinski definition) is 18. The number of nitrogens with zero attached hydrogens (tertiary/aromatic N) is 8. The Balaban J connectivity index is 6.70. The fraction of sp³-hybridized carbons (Fsp3) is 0.778. The number of amidine groups is 8. The second kappa shape index (κ2) is 40.4. The Bertz CT molecular complexity index is 1670. The molecule has 0 aliphatic carbocycles. The lowest BCUT2D eigenvalue weighted by molar-refractivity contribution is -0.192. The molecule has 0 fully saturated rings. The van der Waals surface area contributed by atoms with E-state index in [-0.39, 0.29) is 158 Å². The lowest BCUT2D eigenvalue weighted by atomic mass is 10.0. The Labute approximate surface area is 407 Å². The topological polar surface area (TPSA) is 592 Å². The van der Waals surface area contributed by atoms with Crippen LogP contribution in [0.25, 0.3) is 0 Å². The third-order valence-electron chi connectivity index (χ3n) is 9.25. The average molecular weight is 1040 g/mol. The van der Waals surface area contributed by atoms with Gasteiger partial charge in [-0.15, -0.1) is 0 Å². The smallest absolute Gasteiger partial charge is 0.179 e. The van der Waals surface area contributed by atoms with Gasteiger partial charge in [-0.2, -0.15) is 0 Å². The van der Waals surface area contributed by atoms with E-state index in [2.05, 4.69) is 41.2 Å². The predicted octanol–water partition coefficient (Wildman–Crippen LogP) is -5.32. The molecule has 8 unspecified atom stereocenters. The monoisotopic (exact) mass is 1030 g/mol. The van der Waals surface area contributed by atoms with Crippen molar-refractivity contribution in [1.82, 2.24) is 0 Å². The minimum absolute atomic E-state index is 0.00769. The van der Waals surface area contributed by atoms with Crippen molar-refractivity contribution in [2.24, 2.45) is 87.1 Å². The van der Waals surface area contributed by atoms with Crippen LogP contribution in [0.2, 0.25) is 0 Å². The van der Waals surface area contributed by atoms with E-state index in [0.717, 1.165) is 0 Å². The molecule has 0 spiro atoms. The minimum atomic E-state index is -1.56. The maximum atomic E-state index is 11.4. The van der Waals surface area contributed by atoms with E-state index in [1.54, 1.807) is 0 Å². The SMILES string of the molecule is NC(CCOCC(O)C(OCCC(N)=NO)C(OCCC(N)=NO)C(O)COCCC(N)=NOC(COCCC(N)=NO)C(OCCC(N)=NO)C(OCCC(N)=NO)C(CO)OCCC(N)=NO)=NO. The first-order valence-corrected chi connectivity index (χ1v) is 21.6. The summed E-state index contributed by atoms with van der Waals surface area (Å²) >= 11 is 0. The van der Waals surface area contributed by atoms with Gasteiger partial charge in [-0.1, -0.05) is 41.2 Å². The van der Waals surface area contributed by atoms with Crippen LogP contribution < -0.4 is 45.9 Å². The first-order chi connectivity index (χ1) is 34.0. The highest BCUT2D eigenvalue weighted by atomic mass is 16.7. The van der Waals surface area contributed by atoms with Crippen molar-refractivity contribution < 1.29 is 94.5 Å². The van der Waals surface area contributed by atoms with Gasteiger partial charge in [-0.3, -0.25) is 0 Å². The Kier molecular flexibility index (Phi) is 36.9. The molecule has 0 aromatic heterocycles. The first-order valence-electron chi connectivity index (χ1n) is 21.6. The number of oxime groups is 8. The summed E-state index contributed by atoms with van der Waals surface area (Å²) < 4.78 is 46.7. The standard InChI is InChI=1S/C36H74N16O19/c37-25(45-56)1-9-63-18-21(54)33(67-13-5-28(40)48-59)34(68-14-6-29(41)49-60)22(55)19-64-11-3-32(44)52-71-24(20-65-10-2-26(38)46-57)36(70-16-8-31(43)51-62)35(69-15-7-30(42)50-61)23(17-53)66-12-4-27(39)47-58/h21-24,33-36,53-62H,1-20H2,(H2,37,45)(H2,38,46)(H2,39,47)(H2,40,48)(H2,41,49)(H2,42,50)(H2,43,51)(H2,44,52). The van der Waals surface area contributed by atoms with Crippen molar-refractivity contribution in [3.8, 4) is 0 Å². The van der Waals surface area contributed by atoms with E-state index >= 15 is 0 Å². The second-order valence-electron chi connectivity index (χ2n) is 14.7. The molecule has 71 heavy (non-hydrogen) atoms. The van der Waals surface area contributed by atoms with E-state index in [4.69, 9.17) is 125 Å². The van der Waals surface area contributed by atoms with E-state index in [9.17, 15) is 15.3 Å². The third-order valence-corrected chi connectivity index (χ3v) is 9.25. The van der Waals surface area contributed by atoms with Gasteiger partial charge in [0.2, 0.25) is 0 Å². The summed E-state index contributed by atoms with van der Waals surface area (Å²) in [6.45, 7) is -3.58. The predicted molar refractivity (Wildman–Crippen MR) is 248 cm³/mol. The van der Waals surface area contributed by atoms with E-state index in [0.29, 0.717) is 0 Å². The first kappa shape index (κ1) is 64.7. The summed E-state index contributed by atoms with van der Waals surface area (Å²) in [6, 6.07) is 0. The minimum Gasteiger partial charge on any atom is -0.409 e. The summed E-state index contributed by atoms with van der Waals surface area (Å²) in [5, 5.41) is 120. The zero-order chi connectivity index (χ0) is 53.4. The highest BCUT2D eigenvalue weighted by Crippen LogP contribution is 2.21. The average Bonchev–Trinajstić information content (AvgIpc) is 3.37. The Morgan fingerprint density at radius 1 is 0.338 bits per heavy atom. The van der Waals surface area contributed by atoms with Gasteiger partial charge in [0.25, 0.3) is 0 Å². The summed E-state index contributed by atoms with van der Waals surface area (Å²) in [5.74, 6) is -1.54. The highest BCUT2D eigenvalue weighted by molar-refractivity contribution is 5.82. The van der Waals surface area contributed by atoms with Crippen LogP contribution in [0.4, 0.5) is 0 Å². The van der Waals surface area contributed by atoms with Crippen LogP contribution in [0, 0.1) is 0 Å². The zero-order valence-corrected chi connectivity index (χ0v) is 39.1. The van der Waals surface area contributed by atoms with Crippen molar-refractivity contribution in [2.45, 2.75) is 100 Å². The summed E-state index contributed by atoms with van der Waals surface area (Å²) in [4.78, 5) is 5.87. The Morgan fingerprint density at radius 2 is 0.606 bits per heavy atom. The van der Waals surface area contributed by atoms with Gasteiger partial charge < -0.3 is 140 Å². The molecule has 0 aliphatic rings. The molecule has 0 aromatic carbocycles. The molecule has 0 saturated carbocycles. The molecule has 0 aliphatic heterocycles. The normalized spacial score (nSPS) is 17.3. The summed E-state index contributed by atoms with van der Waals surface area (Å²) in [7, 11) is 0. The van der Waals surface area contributed by atoms with E-state index in [1.807, 2.05) is 0 Å². The quantitative estimate of drug-likeness (QED) is 0.00891. The van der Waals surface area contributed by atoms with Crippen LogP contribution in [0.1, 0.15) is 51.4 Å². The Morgan fingerprint density at radius 3 is 0.930 bits per heavy atom. The summed E-state index contributed by atoms with van der Waals surface area (Å²) in [6.07, 6.45) is -11.8. The molecule has 0 saturated heterocycles. The van der Waals surface area contributed by atoms with Crippen LogP contribution in [-0.2, 0) is 42.7 Å². The number of ether oxygens (including phenoxy) is 8.